The van der Waals surface area contributed by atoms with Crippen molar-refractivity contribution < 1.29 is 19.4 Å². The van der Waals surface area contributed by atoms with Crippen molar-refractivity contribution in [3.63, 3.8) is 0 Å². The number of hydrogen-bond acceptors (Lipinski definition) is 7. The van der Waals surface area contributed by atoms with Crippen molar-refractivity contribution >= 4 is 33.4 Å². The number of amides is 1. The second-order valence-corrected chi connectivity index (χ2v) is 11.4. The Morgan fingerprint density at radius 3 is 2.47 bits per heavy atom. The van der Waals surface area contributed by atoms with E-state index in [4.69, 9.17) is 19.6 Å². The molecule has 0 fully saturated rings. The van der Waals surface area contributed by atoms with Gasteiger partial charge in [0.05, 0.1) is 6.61 Å². The van der Waals surface area contributed by atoms with Crippen molar-refractivity contribution in [1.82, 2.24) is 10.9 Å². The van der Waals surface area contributed by atoms with Gasteiger partial charge in [0.2, 0.25) is 5.90 Å². The lowest BCUT2D eigenvalue weighted by molar-refractivity contribution is -0.130. The molecule has 2 atom stereocenters. The van der Waals surface area contributed by atoms with Gasteiger partial charge in [-0.3, -0.25) is 10.2 Å². The van der Waals surface area contributed by atoms with Gasteiger partial charge in [-0.15, -0.1) is 0 Å². The van der Waals surface area contributed by atoms with E-state index in [9.17, 15) is 10.3 Å². The molecule has 0 aliphatic carbocycles. The van der Waals surface area contributed by atoms with Crippen LogP contribution >= 0.6 is 15.9 Å². The van der Waals surface area contributed by atoms with E-state index in [1.807, 2.05) is 72.8 Å². The van der Waals surface area contributed by atoms with Crippen LogP contribution in [-0.4, -0.2) is 42.2 Å². The van der Waals surface area contributed by atoms with Gasteiger partial charge in [0, 0.05) is 52.2 Å². The Bertz CT molecular complexity index is 1660. The van der Waals surface area contributed by atoms with Crippen LogP contribution in [0.4, 0.5) is 5.69 Å². The van der Waals surface area contributed by atoms with Crippen LogP contribution in [0.2, 0.25) is 0 Å². The van der Waals surface area contributed by atoms with E-state index in [2.05, 4.69) is 36.8 Å². The molecular weight excluding hydrogens is 636 g/mol. The Labute approximate surface area is 269 Å². The fraction of sp³-hybridized carbons (Fsp3) is 0.235. The average Bonchev–Trinajstić information content (AvgIpc) is 3.45. The number of benzene rings is 4. The molecule has 10 nitrogen and oxygen atoms in total. The first-order valence-electron chi connectivity index (χ1n) is 14.6. The zero-order valence-electron chi connectivity index (χ0n) is 24.5. The average molecular weight is 670 g/mol. The van der Waals surface area contributed by atoms with Crippen LogP contribution in [0.5, 0.6) is 5.75 Å². The van der Waals surface area contributed by atoms with Gasteiger partial charge in [0.15, 0.2) is 11.6 Å². The molecule has 1 aliphatic rings. The summed E-state index contributed by atoms with van der Waals surface area (Å²) in [7, 11) is 0. The number of nitrogens with zero attached hydrogens (tertiary/aromatic N) is 4. The third-order valence-electron chi connectivity index (χ3n) is 7.37. The van der Waals surface area contributed by atoms with Crippen LogP contribution < -0.4 is 15.6 Å². The van der Waals surface area contributed by atoms with Crippen LogP contribution in [0, 0.1) is 0 Å². The minimum absolute atomic E-state index is 0.0467. The highest BCUT2D eigenvalue weighted by molar-refractivity contribution is 9.10. The number of azide groups is 1. The minimum atomic E-state index is -1.47. The van der Waals surface area contributed by atoms with E-state index < -0.39 is 17.6 Å². The summed E-state index contributed by atoms with van der Waals surface area (Å²) in [6, 6.07) is 32.0. The number of halogens is 1. The molecule has 4 aromatic rings. The van der Waals surface area contributed by atoms with Crippen LogP contribution in [0.25, 0.3) is 10.4 Å². The summed E-state index contributed by atoms with van der Waals surface area (Å²) in [4.78, 5) is 22.4. The Hall–Kier alpha value is -4.67. The van der Waals surface area contributed by atoms with E-state index in [1.165, 1.54) is 0 Å². The van der Waals surface area contributed by atoms with E-state index in [-0.39, 0.29) is 18.9 Å². The predicted octanol–water partition coefficient (Wildman–Crippen LogP) is 6.52. The molecular formula is C34H33BrN6O4. The van der Waals surface area contributed by atoms with Gasteiger partial charge >= 0.3 is 0 Å². The smallest absolute Gasteiger partial charge is 0.266 e. The van der Waals surface area contributed by atoms with E-state index in [0.717, 1.165) is 15.6 Å². The van der Waals surface area contributed by atoms with Crippen molar-refractivity contribution in [3.8, 4) is 5.75 Å². The van der Waals surface area contributed by atoms with E-state index >= 15 is 0 Å². The molecule has 1 heterocycles. The van der Waals surface area contributed by atoms with E-state index in [0.29, 0.717) is 48.6 Å². The zero-order valence-corrected chi connectivity index (χ0v) is 26.1. The topological polar surface area (TPSA) is 141 Å². The summed E-state index contributed by atoms with van der Waals surface area (Å²) in [5.41, 5.74) is 17.4. The lowest BCUT2D eigenvalue weighted by Gasteiger charge is -2.31. The Balaban J connectivity index is 1.53. The van der Waals surface area contributed by atoms with Crippen molar-refractivity contribution in [2.24, 2.45) is 10.1 Å². The normalized spacial score (nSPS) is 17.1. The maximum Gasteiger partial charge on any atom is 0.266 e. The summed E-state index contributed by atoms with van der Waals surface area (Å²) in [5.74, 6) is 0.518. The highest BCUT2D eigenvalue weighted by Crippen LogP contribution is 2.45. The fourth-order valence-electron chi connectivity index (χ4n) is 5.12. The molecule has 0 radical (unpaired) electrons. The van der Waals surface area contributed by atoms with Gasteiger partial charge in [-0.1, -0.05) is 87.8 Å². The molecule has 5 rings (SSSR count). The second-order valence-electron chi connectivity index (χ2n) is 10.5. The molecule has 0 spiro atoms. The van der Waals surface area contributed by atoms with Gasteiger partial charge in [-0.2, -0.15) is 0 Å². The summed E-state index contributed by atoms with van der Waals surface area (Å²) in [6.45, 7) is 0.934. The Kier molecular flexibility index (Phi) is 10.8. The van der Waals surface area contributed by atoms with Crippen molar-refractivity contribution in [1.29, 1.82) is 0 Å². The molecule has 45 heavy (non-hydrogen) atoms. The summed E-state index contributed by atoms with van der Waals surface area (Å²) < 4.78 is 13.2. The molecule has 1 amide bonds. The predicted molar refractivity (Wildman–Crippen MR) is 176 cm³/mol. The highest BCUT2D eigenvalue weighted by Gasteiger charge is 2.54. The minimum Gasteiger partial charge on any atom is -0.494 e. The molecule has 0 saturated carbocycles. The van der Waals surface area contributed by atoms with Crippen molar-refractivity contribution in [3.05, 3.63) is 140 Å². The number of aliphatic hydroxyl groups excluding tert-OH is 1. The zero-order chi connectivity index (χ0) is 31.5. The largest absolute Gasteiger partial charge is 0.494 e. The molecule has 0 bridgehead atoms. The number of aliphatic hydroxyl groups is 1. The highest BCUT2D eigenvalue weighted by atomic mass is 79.9. The first kappa shape index (κ1) is 31.7. The quantitative estimate of drug-likeness (QED) is 0.0461. The lowest BCUT2D eigenvalue weighted by Crippen LogP contribution is -2.54. The van der Waals surface area contributed by atoms with Gasteiger partial charge in [-0.25, -0.2) is 10.4 Å². The second kappa shape index (κ2) is 15.4. The van der Waals surface area contributed by atoms with Gasteiger partial charge in [-0.05, 0) is 59.5 Å². The van der Waals surface area contributed by atoms with Gasteiger partial charge in [0.1, 0.15) is 5.75 Å². The third kappa shape index (κ3) is 7.89. The van der Waals surface area contributed by atoms with Crippen molar-refractivity contribution in [2.45, 2.75) is 30.9 Å². The summed E-state index contributed by atoms with van der Waals surface area (Å²) >= 11 is 3.49. The number of hydrogen-bond donors (Lipinski definition) is 3. The van der Waals surface area contributed by atoms with Crippen LogP contribution in [0.1, 0.15) is 34.8 Å². The monoisotopic (exact) mass is 668 g/mol. The number of nitrogens with one attached hydrogen (secondary N) is 2. The molecule has 0 aromatic heterocycles. The molecule has 0 unspecified atom stereocenters. The first-order valence-corrected chi connectivity index (χ1v) is 15.4. The standard InChI is InChI=1S/C34H33BrN6O4/c35-27-15-11-25(12-16-27)23-34(33(43)40-37-20-19-24-7-2-1-3-8-24)31(29-9-4-5-10-30(29)39-41-36)45-32(38-34)26-13-17-28(18-14-26)44-22-6-21-42/h1-5,7-18,31,37,42H,6,19-23H2,(H,40,43)/t31-,34-/m0/s1. The number of carbonyl (C=O) groups excluding carboxylic acids is 1. The summed E-state index contributed by atoms with van der Waals surface area (Å²) in [5, 5.41) is 13.0. The number of rotatable bonds is 14. The number of carbonyl (C=O) groups is 1. The number of hydrazine groups is 1. The third-order valence-corrected chi connectivity index (χ3v) is 7.90. The Morgan fingerprint density at radius 2 is 1.73 bits per heavy atom. The fourth-order valence-corrected chi connectivity index (χ4v) is 5.39. The Morgan fingerprint density at radius 1 is 1.00 bits per heavy atom. The molecule has 11 heteroatoms. The molecule has 3 N–H and O–H groups in total. The van der Waals surface area contributed by atoms with Gasteiger partial charge in [0.25, 0.3) is 5.91 Å². The van der Waals surface area contributed by atoms with Crippen LogP contribution in [-0.2, 0) is 22.4 Å². The number of ether oxygens (including phenoxy) is 2. The molecule has 0 saturated heterocycles. The maximum absolute atomic E-state index is 14.4. The number of aliphatic imine (C=N–C) groups is 1. The van der Waals surface area contributed by atoms with Gasteiger partial charge < -0.3 is 14.6 Å². The molecule has 230 valence electrons. The van der Waals surface area contributed by atoms with Crippen molar-refractivity contribution in [2.75, 3.05) is 19.8 Å². The SMILES string of the molecule is [N-]=[N+]=Nc1ccccc1[C@@H]1OC(c2ccc(OCCCO)cc2)=N[C@]1(Cc1ccc(Br)cc1)C(=O)NNCCc1ccccc1. The molecule has 1 aliphatic heterocycles. The maximum atomic E-state index is 14.4. The van der Waals surface area contributed by atoms with Crippen LogP contribution in [0.3, 0.4) is 0 Å². The molecule has 4 aromatic carbocycles. The summed E-state index contributed by atoms with van der Waals surface area (Å²) in [6.07, 6.45) is 0.515. The van der Waals surface area contributed by atoms with E-state index in [1.54, 1.807) is 30.3 Å². The first-order chi connectivity index (χ1) is 22.0. The lowest BCUT2D eigenvalue weighted by atomic mass is 9.81. The van der Waals surface area contributed by atoms with Crippen LogP contribution in [0.15, 0.2) is 118 Å².